The summed E-state index contributed by atoms with van der Waals surface area (Å²) in [6.45, 7) is 0.520. The van der Waals surface area contributed by atoms with Crippen LogP contribution in [0.1, 0.15) is 23.1 Å². The van der Waals surface area contributed by atoms with Crippen molar-refractivity contribution in [2.24, 2.45) is 0 Å². The van der Waals surface area contributed by atoms with Gasteiger partial charge in [-0.2, -0.15) is 5.21 Å². The number of aromatic nitrogens is 5. The highest BCUT2D eigenvalue weighted by Gasteiger charge is 2.15. The smallest absolute Gasteiger partial charge is 0.188 e. The van der Waals surface area contributed by atoms with Crippen LogP contribution in [0.25, 0.3) is 0 Å². The van der Waals surface area contributed by atoms with Crippen LogP contribution < -0.4 is 5.32 Å². The third-order valence-corrected chi connectivity index (χ3v) is 2.97. The van der Waals surface area contributed by atoms with Gasteiger partial charge in [-0.05, 0) is 17.7 Å². The van der Waals surface area contributed by atoms with Crippen LogP contribution in [-0.4, -0.2) is 25.6 Å². The van der Waals surface area contributed by atoms with Gasteiger partial charge in [0.15, 0.2) is 5.82 Å². The zero-order valence-corrected chi connectivity index (χ0v) is 10.8. The van der Waals surface area contributed by atoms with Gasteiger partial charge in [-0.15, -0.1) is 10.2 Å². The van der Waals surface area contributed by atoms with Gasteiger partial charge >= 0.3 is 0 Å². The topological polar surface area (TPSA) is 79.4 Å². The Bertz CT molecular complexity index is 584. The van der Waals surface area contributed by atoms with E-state index < -0.39 is 0 Å². The third kappa shape index (κ3) is 2.86. The normalized spacial score (nSPS) is 12.2. The second kappa shape index (κ2) is 6.03. The Morgan fingerprint density at radius 2 is 1.90 bits per heavy atom. The first-order chi connectivity index (χ1) is 9.93. The Morgan fingerprint density at radius 1 is 1.05 bits per heavy atom. The Hall–Kier alpha value is -2.60. The van der Waals surface area contributed by atoms with Crippen LogP contribution in [0.3, 0.4) is 0 Å². The fourth-order valence-electron chi connectivity index (χ4n) is 2.04. The molecule has 0 spiro atoms. The van der Waals surface area contributed by atoms with Crippen LogP contribution in [-0.2, 0) is 6.54 Å². The SMILES string of the molecule is c1ccc(C(NCc2nn[nH]n2)c2ccccn2)cc1. The highest BCUT2D eigenvalue weighted by atomic mass is 15.5. The van der Waals surface area contributed by atoms with Crippen molar-refractivity contribution >= 4 is 0 Å². The van der Waals surface area contributed by atoms with Crippen molar-refractivity contribution in [2.75, 3.05) is 0 Å². The first-order valence-electron chi connectivity index (χ1n) is 6.35. The van der Waals surface area contributed by atoms with Gasteiger partial charge in [-0.1, -0.05) is 41.6 Å². The molecule has 6 nitrogen and oxygen atoms in total. The van der Waals surface area contributed by atoms with Crippen LogP contribution >= 0.6 is 0 Å². The van der Waals surface area contributed by atoms with E-state index in [2.05, 4.69) is 43.1 Å². The highest BCUT2D eigenvalue weighted by molar-refractivity contribution is 5.27. The molecule has 0 aliphatic rings. The number of tetrazole rings is 1. The number of H-pyrrole nitrogens is 1. The van der Waals surface area contributed by atoms with Crippen molar-refractivity contribution in [3.05, 3.63) is 71.8 Å². The van der Waals surface area contributed by atoms with Crippen molar-refractivity contribution in [1.29, 1.82) is 0 Å². The van der Waals surface area contributed by atoms with Gasteiger partial charge in [0.2, 0.25) is 0 Å². The van der Waals surface area contributed by atoms with Crippen molar-refractivity contribution < 1.29 is 0 Å². The zero-order chi connectivity index (χ0) is 13.6. The number of pyridine rings is 1. The van der Waals surface area contributed by atoms with E-state index in [0.717, 1.165) is 11.3 Å². The maximum absolute atomic E-state index is 4.43. The Balaban J connectivity index is 1.84. The summed E-state index contributed by atoms with van der Waals surface area (Å²) >= 11 is 0. The fraction of sp³-hybridized carbons (Fsp3) is 0.143. The minimum atomic E-state index is -0.00380. The Kier molecular flexibility index (Phi) is 3.75. The molecule has 2 aromatic heterocycles. The lowest BCUT2D eigenvalue weighted by atomic mass is 10.0. The molecule has 6 heteroatoms. The number of benzene rings is 1. The molecule has 0 aliphatic heterocycles. The molecule has 1 unspecified atom stereocenters. The third-order valence-electron chi connectivity index (χ3n) is 2.97. The summed E-state index contributed by atoms with van der Waals surface area (Å²) in [5.74, 6) is 0.627. The van der Waals surface area contributed by atoms with E-state index in [1.54, 1.807) is 6.20 Å². The molecule has 1 aromatic carbocycles. The molecule has 2 heterocycles. The largest absolute Gasteiger partial charge is 0.298 e. The summed E-state index contributed by atoms with van der Waals surface area (Å²) in [5, 5.41) is 17.3. The number of rotatable bonds is 5. The average molecular weight is 266 g/mol. The second-order valence-electron chi connectivity index (χ2n) is 4.31. The van der Waals surface area contributed by atoms with Gasteiger partial charge in [0.1, 0.15) is 0 Å². The predicted molar refractivity (Wildman–Crippen MR) is 73.5 cm³/mol. The number of hydrogen-bond donors (Lipinski definition) is 2. The van der Waals surface area contributed by atoms with Gasteiger partial charge in [0, 0.05) is 6.20 Å². The molecular formula is C14H14N6. The van der Waals surface area contributed by atoms with E-state index in [0.29, 0.717) is 12.4 Å². The van der Waals surface area contributed by atoms with Gasteiger partial charge in [0.05, 0.1) is 18.3 Å². The minimum Gasteiger partial charge on any atom is -0.298 e. The molecule has 0 fully saturated rings. The summed E-state index contributed by atoms with van der Waals surface area (Å²) in [5.41, 5.74) is 2.11. The highest BCUT2D eigenvalue weighted by Crippen LogP contribution is 2.20. The monoisotopic (exact) mass is 266 g/mol. The maximum Gasteiger partial charge on any atom is 0.188 e. The zero-order valence-electron chi connectivity index (χ0n) is 10.8. The van der Waals surface area contributed by atoms with Crippen LogP contribution in [0.15, 0.2) is 54.7 Å². The molecule has 0 bridgehead atoms. The lowest BCUT2D eigenvalue weighted by Gasteiger charge is -2.17. The summed E-state index contributed by atoms with van der Waals surface area (Å²) in [6, 6.07) is 16.1. The van der Waals surface area contributed by atoms with E-state index in [9.17, 15) is 0 Å². The Morgan fingerprint density at radius 3 is 2.60 bits per heavy atom. The number of aromatic amines is 1. The van der Waals surface area contributed by atoms with Crippen molar-refractivity contribution in [3.63, 3.8) is 0 Å². The first-order valence-corrected chi connectivity index (χ1v) is 6.35. The van der Waals surface area contributed by atoms with Crippen LogP contribution in [0.5, 0.6) is 0 Å². The van der Waals surface area contributed by atoms with E-state index >= 15 is 0 Å². The van der Waals surface area contributed by atoms with Crippen LogP contribution in [0.2, 0.25) is 0 Å². The van der Waals surface area contributed by atoms with Crippen molar-refractivity contribution in [3.8, 4) is 0 Å². The number of nitrogens with one attached hydrogen (secondary N) is 2. The predicted octanol–water partition coefficient (Wildman–Crippen LogP) is 1.47. The average Bonchev–Trinajstić information content (AvgIpc) is 3.03. The molecule has 2 N–H and O–H groups in total. The second-order valence-corrected chi connectivity index (χ2v) is 4.31. The molecule has 0 amide bonds. The minimum absolute atomic E-state index is 0.00380. The molecule has 3 rings (SSSR count). The van der Waals surface area contributed by atoms with Crippen LogP contribution in [0, 0.1) is 0 Å². The molecular weight excluding hydrogens is 252 g/mol. The fourth-order valence-corrected chi connectivity index (χ4v) is 2.04. The van der Waals surface area contributed by atoms with Crippen molar-refractivity contribution in [1.82, 2.24) is 30.9 Å². The molecule has 0 aliphatic carbocycles. The lowest BCUT2D eigenvalue weighted by Crippen LogP contribution is -2.23. The number of nitrogens with zero attached hydrogens (tertiary/aromatic N) is 4. The van der Waals surface area contributed by atoms with Gasteiger partial charge in [-0.3, -0.25) is 10.3 Å². The standard InChI is InChI=1S/C14H14N6/c1-2-6-11(7-3-1)14(12-8-4-5-9-15-12)16-10-13-17-19-20-18-13/h1-9,14,16H,10H2,(H,17,18,19,20). The van der Waals surface area contributed by atoms with Crippen molar-refractivity contribution in [2.45, 2.75) is 12.6 Å². The number of hydrogen-bond acceptors (Lipinski definition) is 5. The molecule has 100 valence electrons. The van der Waals surface area contributed by atoms with Gasteiger partial charge in [-0.25, -0.2) is 0 Å². The van der Waals surface area contributed by atoms with E-state index in [-0.39, 0.29) is 6.04 Å². The quantitative estimate of drug-likeness (QED) is 0.731. The molecule has 0 saturated heterocycles. The molecule has 1 atom stereocenters. The van der Waals surface area contributed by atoms with Crippen LogP contribution in [0.4, 0.5) is 0 Å². The molecule has 20 heavy (non-hydrogen) atoms. The summed E-state index contributed by atoms with van der Waals surface area (Å²) in [7, 11) is 0. The Labute approximate surface area is 116 Å². The molecule has 0 radical (unpaired) electrons. The molecule has 3 aromatic rings. The summed E-state index contributed by atoms with van der Waals surface area (Å²) < 4.78 is 0. The van der Waals surface area contributed by atoms with E-state index in [1.165, 1.54) is 0 Å². The summed E-state index contributed by atoms with van der Waals surface area (Å²) in [6.07, 6.45) is 1.79. The maximum atomic E-state index is 4.43. The van der Waals surface area contributed by atoms with Gasteiger partial charge in [0.25, 0.3) is 0 Å². The van der Waals surface area contributed by atoms with E-state index in [4.69, 9.17) is 0 Å². The lowest BCUT2D eigenvalue weighted by molar-refractivity contribution is 0.575. The van der Waals surface area contributed by atoms with Gasteiger partial charge < -0.3 is 0 Å². The summed E-state index contributed by atoms with van der Waals surface area (Å²) in [4.78, 5) is 4.43. The van der Waals surface area contributed by atoms with E-state index in [1.807, 2.05) is 36.4 Å². The molecule has 0 saturated carbocycles. The first kappa shape index (κ1) is 12.4.